The minimum Gasteiger partial charge on any atom is -0.508 e. The van der Waals surface area contributed by atoms with Gasteiger partial charge in [0, 0.05) is 23.7 Å². The second-order valence-electron chi connectivity index (χ2n) is 8.13. The van der Waals surface area contributed by atoms with Gasteiger partial charge in [-0.2, -0.15) is 0 Å². The van der Waals surface area contributed by atoms with Crippen LogP contribution in [-0.2, 0) is 4.79 Å². The molecule has 0 aliphatic carbocycles. The van der Waals surface area contributed by atoms with Crippen molar-refractivity contribution in [2.75, 3.05) is 11.9 Å². The highest BCUT2D eigenvalue weighted by molar-refractivity contribution is 6.33. The summed E-state index contributed by atoms with van der Waals surface area (Å²) in [7, 11) is 0. The van der Waals surface area contributed by atoms with Crippen molar-refractivity contribution in [1.29, 1.82) is 0 Å². The van der Waals surface area contributed by atoms with Gasteiger partial charge < -0.3 is 15.7 Å². The average Bonchev–Trinajstić information content (AvgIpc) is 2.71. The highest BCUT2D eigenvalue weighted by Crippen LogP contribution is 2.34. The van der Waals surface area contributed by atoms with Crippen LogP contribution in [0, 0.1) is 0 Å². The Balaban J connectivity index is 1.36. The number of aromatic hydroxyl groups is 1. The number of hydrogen-bond donors (Lipinski definition) is 3. The molecule has 2 aliphatic heterocycles. The maximum Gasteiger partial charge on any atom is 0.251 e. The first-order valence-corrected chi connectivity index (χ1v) is 10.8. The van der Waals surface area contributed by atoms with Crippen LogP contribution in [0.2, 0.25) is 5.02 Å². The van der Waals surface area contributed by atoms with Crippen molar-refractivity contribution in [2.24, 2.45) is 0 Å². The number of piperidine rings is 2. The number of benzene rings is 2. The number of phenolic OH excluding ortho intramolecular Hbond substituents is 1. The summed E-state index contributed by atoms with van der Waals surface area (Å²) >= 11 is 6.15. The topological polar surface area (TPSA) is 81.7 Å². The van der Waals surface area contributed by atoms with Gasteiger partial charge in [0.2, 0.25) is 5.91 Å². The molecule has 0 radical (unpaired) electrons. The molecular weight excluding hydrogens is 402 g/mol. The number of fused-ring (bicyclic) bond motifs is 2. The second kappa shape index (κ2) is 9.06. The van der Waals surface area contributed by atoms with E-state index in [9.17, 15) is 14.7 Å². The van der Waals surface area contributed by atoms with Crippen LogP contribution >= 0.6 is 11.6 Å². The number of hydrogen-bond acceptors (Lipinski definition) is 4. The molecule has 30 heavy (non-hydrogen) atoms. The lowest BCUT2D eigenvalue weighted by atomic mass is 9.81. The molecule has 6 nitrogen and oxygen atoms in total. The molecule has 0 spiro atoms. The number of para-hydroxylation sites is 1. The fourth-order valence-corrected chi connectivity index (χ4v) is 4.84. The first-order valence-electron chi connectivity index (χ1n) is 10.4. The highest BCUT2D eigenvalue weighted by atomic mass is 35.5. The van der Waals surface area contributed by atoms with Crippen LogP contribution in [0.3, 0.4) is 0 Å². The molecule has 2 fully saturated rings. The number of anilines is 1. The van der Waals surface area contributed by atoms with Crippen LogP contribution in [0.4, 0.5) is 5.69 Å². The van der Waals surface area contributed by atoms with E-state index in [0.29, 0.717) is 22.8 Å². The van der Waals surface area contributed by atoms with E-state index in [1.165, 1.54) is 12.1 Å². The molecule has 0 saturated carbocycles. The van der Waals surface area contributed by atoms with Crippen molar-refractivity contribution in [3.63, 3.8) is 0 Å². The van der Waals surface area contributed by atoms with Crippen molar-refractivity contribution >= 4 is 29.1 Å². The zero-order valence-corrected chi connectivity index (χ0v) is 17.4. The zero-order chi connectivity index (χ0) is 21.1. The Hall–Kier alpha value is -2.57. The molecule has 2 heterocycles. The lowest BCUT2D eigenvalue weighted by Crippen LogP contribution is -2.58. The third kappa shape index (κ3) is 4.77. The summed E-state index contributed by atoms with van der Waals surface area (Å²) in [4.78, 5) is 27.5. The molecule has 2 saturated heterocycles. The molecule has 2 aromatic rings. The molecule has 2 aliphatic rings. The quantitative estimate of drug-likeness (QED) is 0.677. The van der Waals surface area contributed by atoms with Gasteiger partial charge in [-0.25, -0.2) is 0 Å². The van der Waals surface area contributed by atoms with Crippen LogP contribution < -0.4 is 10.6 Å². The first kappa shape index (κ1) is 20.7. The Morgan fingerprint density at radius 2 is 1.70 bits per heavy atom. The van der Waals surface area contributed by atoms with Crippen molar-refractivity contribution in [2.45, 2.75) is 50.2 Å². The molecule has 158 valence electrons. The summed E-state index contributed by atoms with van der Waals surface area (Å²) in [6.45, 7) is 0.333. The molecule has 0 aromatic heterocycles. The van der Waals surface area contributed by atoms with Gasteiger partial charge in [0.15, 0.2) is 0 Å². The van der Waals surface area contributed by atoms with E-state index >= 15 is 0 Å². The summed E-state index contributed by atoms with van der Waals surface area (Å²) < 4.78 is 0. The third-order valence-corrected chi connectivity index (χ3v) is 6.39. The second-order valence-corrected chi connectivity index (χ2v) is 8.53. The van der Waals surface area contributed by atoms with E-state index in [0.717, 1.165) is 32.1 Å². The van der Waals surface area contributed by atoms with Gasteiger partial charge in [0.25, 0.3) is 5.91 Å². The standard InChI is InChI=1S/C23H26ClN3O3/c24-20-6-1-2-7-21(20)26-22(29)14-27-17-4-3-5-18(27)13-16(12-17)25-23(30)15-8-10-19(28)11-9-15/h1-2,6-11,16-18,28H,3-5,12-14H2,(H,25,30)(H,26,29). The number of nitrogens with one attached hydrogen (secondary N) is 2. The van der Waals surface area contributed by atoms with E-state index < -0.39 is 0 Å². The van der Waals surface area contributed by atoms with Gasteiger partial charge in [-0.15, -0.1) is 0 Å². The average molecular weight is 428 g/mol. The fraction of sp³-hybridized carbons (Fsp3) is 0.391. The van der Waals surface area contributed by atoms with Crippen LogP contribution in [0.5, 0.6) is 5.75 Å². The molecule has 2 aromatic carbocycles. The Morgan fingerprint density at radius 1 is 1.03 bits per heavy atom. The number of carbonyl (C=O) groups is 2. The lowest BCUT2D eigenvalue weighted by molar-refractivity contribution is -0.120. The number of amides is 2. The molecular formula is C23H26ClN3O3. The van der Waals surface area contributed by atoms with E-state index in [-0.39, 0.29) is 35.7 Å². The molecule has 2 bridgehead atoms. The molecule has 2 amide bonds. The SMILES string of the molecule is O=C(CN1C2CCCC1CC(NC(=O)c1ccc(O)cc1)C2)Nc1ccccc1Cl. The minimum atomic E-state index is -0.122. The fourth-order valence-electron chi connectivity index (χ4n) is 4.65. The van der Waals surface area contributed by atoms with Gasteiger partial charge in [0.1, 0.15) is 5.75 Å². The highest BCUT2D eigenvalue weighted by Gasteiger charge is 2.39. The van der Waals surface area contributed by atoms with Gasteiger partial charge in [-0.05, 0) is 62.1 Å². The van der Waals surface area contributed by atoms with Gasteiger partial charge in [-0.3, -0.25) is 14.5 Å². The van der Waals surface area contributed by atoms with Crippen LogP contribution in [0.25, 0.3) is 0 Å². The Labute approximate surface area is 181 Å². The molecule has 2 atom stereocenters. The molecule has 3 N–H and O–H groups in total. The smallest absolute Gasteiger partial charge is 0.251 e. The monoisotopic (exact) mass is 427 g/mol. The number of halogens is 1. The van der Waals surface area contributed by atoms with Gasteiger partial charge in [-0.1, -0.05) is 30.2 Å². The normalized spacial score (nSPS) is 23.6. The van der Waals surface area contributed by atoms with E-state index in [1.54, 1.807) is 24.3 Å². The zero-order valence-electron chi connectivity index (χ0n) is 16.7. The first-order chi connectivity index (χ1) is 14.5. The van der Waals surface area contributed by atoms with Crippen molar-refractivity contribution < 1.29 is 14.7 Å². The predicted octanol–water partition coefficient (Wildman–Crippen LogP) is 3.80. The third-order valence-electron chi connectivity index (χ3n) is 6.06. The number of rotatable bonds is 5. The van der Waals surface area contributed by atoms with Crippen LogP contribution in [0.15, 0.2) is 48.5 Å². The number of carbonyl (C=O) groups excluding carboxylic acids is 2. The largest absolute Gasteiger partial charge is 0.508 e. The molecule has 7 heteroatoms. The van der Waals surface area contributed by atoms with Crippen molar-refractivity contribution in [3.05, 3.63) is 59.1 Å². The molecule has 4 rings (SSSR count). The Bertz CT molecular complexity index is 904. The minimum absolute atomic E-state index is 0.0634. The summed E-state index contributed by atoms with van der Waals surface area (Å²) in [5.74, 6) is -0.0426. The van der Waals surface area contributed by atoms with Gasteiger partial charge >= 0.3 is 0 Å². The van der Waals surface area contributed by atoms with Crippen LogP contribution in [0.1, 0.15) is 42.5 Å². The van der Waals surface area contributed by atoms with E-state index in [2.05, 4.69) is 15.5 Å². The maximum atomic E-state index is 12.6. The Morgan fingerprint density at radius 3 is 2.37 bits per heavy atom. The lowest BCUT2D eigenvalue weighted by Gasteiger charge is -2.48. The van der Waals surface area contributed by atoms with Crippen LogP contribution in [-0.4, -0.2) is 46.5 Å². The predicted molar refractivity (Wildman–Crippen MR) is 117 cm³/mol. The number of nitrogens with zero attached hydrogens (tertiary/aromatic N) is 1. The summed E-state index contributed by atoms with van der Waals surface area (Å²) in [5, 5.41) is 16.0. The summed E-state index contributed by atoms with van der Waals surface area (Å²) in [6, 6.07) is 14.2. The summed E-state index contributed by atoms with van der Waals surface area (Å²) in [6.07, 6.45) is 4.87. The number of phenols is 1. The van der Waals surface area contributed by atoms with E-state index in [4.69, 9.17) is 11.6 Å². The summed E-state index contributed by atoms with van der Waals surface area (Å²) in [5.41, 5.74) is 1.17. The Kier molecular flexibility index (Phi) is 6.25. The molecule has 2 unspecified atom stereocenters. The van der Waals surface area contributed by atoms with E-state index in [1.807, 2.05) is 12.1 Å². The van der Waals surface area contributed by atoms with Crippen molar-refractivity contribution in [3.8, 4) is 5.75 Å². The van der Waals surface area contributed by atoms with Gasteiger partial charge in [0.05, 0.1) is 17.3 Å². The van der Waals surface area contributed by atoms with Crippen molar-refractivity contribution in [1.82, 2.24) is 10.2 Å². The maximum absolute atomic E-state index is 12.6.